The van der Waals surface area contributed by atoms with Crippen molar-refractivity contribution in [3.8, 4) is 0 Å². The molecule has 5 heteroatoms. The monoisotopic (exact) mass is 237 g/mol. The van der Waals surface area contributed by atoms with E-state index in [2.05, 4.69) is 0 Å². The van der Waals surface area contributed by atoms with Crippen LogP contribution in [0.15, 0.2) is 18.2 Å². The van der Waals surface area contributed by atoms with Gasteiger partial charge >= 0.3 is 11.9 Å². The number of carbonyl (C=O) groups is 2. The molecule has 0 fully saturated rings. The summed E-state index contributed by atoms with van der Waals surface area (Å²) in [5.74, 6) is -2.44. The van der Waals surface area contributed by atoms with Crippen LogP contribution in [0.2, 0.25) is 0 Å². The Hall–Kier alpha value is -2.04. The first kappa shape index (κ1) is 13.0. The molecule has 0 atom stereocenters. The van der Waals surface area contributed by atoms with Crippen molar-refractivity contribution in [2.24, 2.45) is 0 Å². The average molecular weight is 237 g/mol. The van der Waals surface area contributed by atoms with Gasteiger partial charge < -0.3 is 15.1 Å². The zero-order valence-electron chi connectivity index (χ0n) is 9.80. The van der Waals surface area contributed by atoms with Crippen LogP contribution in [0.3, 0.4) is 0 Å². The Balaban J connectivity index is 3.44. The molecule has 2 N–H and O–H groups in total. The molecule has 0 saturated carbocycles. The molecule has 1 rings (SSSR count). The van der Waals surface area contributed by atoms with E-state index < -0.39 is 11.9 Å². The Morgan fingerprint density at radius 1 is 1.12 bits per heavy atom. The fourth-order valence-electron chi connectivity index (χ4n) is 1.77. The van der Waals surface area contributed by atoms with Crippen molar-refractivity contribution < 1.29 is 19.8 Å². The van der Waals surface area contributed by atoms with Crippen molar-refractivity contribution in [1.29, 1.82) is 0 Å². The van der Waals surface area contributed by atoms with Crippen molar-refractivity contribution in [2.75, 3.05) is 18.0 Å². The Morgan fingerprint density at radius 2 is 1.71 bits per heavy atom. The van der Waals surface area contributed by atoms with Crippen molar-refractivity contribution >= 4 is 17.6 Å². The minimum atomic E-state index is -1.23. The van der Waals surface area contributed by atoms with E-state index in [4.69, 9.17) is 10.2 Å². The number of nitrogens with zero attached hydrogens (tertiary/aromatic N) is 1. The molecule has 0 amide bonds. The fourth-order valence-corrected chi connectivity index (χ4v) is 1.77. The smallest absolute Gasteiger partial charge is 0.338 e. The summed E-state index contributed by atoms with van der Waals surface area (Å²) in [6, 6.07) is 4.49. The fraction of sp³-hybridized carbons (Fsp3) is 0.333. The SMILES string of the molecule is CCN(CC)c1cccc(C(=O)O)c1C(=O)O. The maximum Gasteiger partial charge on any atom is 0.338 e. The summed E-state index contributed by atoms with van der Waals surface area (Å²) in [4.78, 5) is 24.0. The van der Waals surface area contributed by atoms with E-state index in [1.807, 2.05) is 18.7 Å². The molecule has 0 bridgehead atoms. The Kier molecular flexibility index (Phi) is 4.09. The average Bonchev–Trinajstić information content (AvgIpc) is 2.30. The van der Waals surface area contributed by atoms with Crippen LogP contribution < -0.4 is 4.90 Å². The summed E-state index contributed by atoms with van der Waals surface area (Å²) < 4.78 is 0. The molecule has 0 heterocycles. The van der Waals surface area contributed by atoms with Gasteiger partial charge in [0.1, 0.15) is 0 Å². The molecule has 92 valence electrons. The molecule has 17 heavy (non-hydrogen) atoms. The van der Waals surface area contributed by atoms with Crippen LogP contribution in [0.4, 0.5) is 5.69 Å². The van der Waals surface area contributed by atoms with E-state index in [9.17, 15) is 9.59 Å². The Morgan fingerprint density at radius 3 is 2.12 bits per heavy atom. The molecular weight excluding hydrogens is 222 g/mol. The Bertz CT molecular complexity index is 438. The van der Waals surface area contributed by atoms with Crippen molar-refractivity contribution in [3.05, 3.63) is 29.3 Å². The summed E-state index contributed by atoms with van der Waals surface area (Å²) in [7, 11) is 0. The number of carboxylic acids is 2. The first-order valence-corrected chi connectivity index (χ1v) is 5.37. The van der Waals surface area contributed by atoms with Crippen LogP contribution in [-0.2, 0) is 0 Å². The second-order valence-electron chi connectivity index (χ2n) is 3.48. The molecule has 0 aliphatic rings. The van der Waals surface area contributed by atoms with E-state index >= 15 is 0 Å². The minimum absolute atomic E-state index is 0.149. The molecule has 1 aromatic carbocycles. The molecule has 0 radical (unpaired) electrons. The number of hydrogen-bond acceptors (Lipinski definition) is 3. The summed E-state index contributed by atoms with van der Waals surface area (Å²) in [6.45, 7) is 5.03. The predicted molar refractivity (Wildman–Crippen MR) is 63.9 cm³/mol. The maximum atomic E-state index is 11.2. The zero-order chi connectivity index (χ0) is 13.0. The summed E-state index contributed by atoms with van der Waals surface area (Å²) in [6.07, 6.45) is 0. The second-order valence-corrected chi connectivity index (χ2v) is 3.48. The minimum Gasteiger partial charge on any atom is -0.478 e. The van der Waals surface area contributed by atoms with Crippen LogP contribution in [0.1, 0.15) is 34.6 Å². The summed E-state index contributed by atoms with van der Waals surface area (Å²) in [5.41, 5.74) is 0.119. The van der Waals surface area contributed by atoms with Crippen molar-refractivity contribution in [1.82, 2.24) is 0 Å². The quantitative estimate of drug-likeness (QED) is 0.818. The molecule has 0 unspecified atom stereocenters. The zero-order valence-corrected chi connectivity index (χ0v) is 9.80. The number of hydrogen-bond donors (Lipinski definition) is 2. The van der Waals surface area contributed by atoms with Gasteiger partial charge in [-0.05, 0) is 26.0 Å². The molecular formula is C12H15NO4. The largest absolute Gasteiger partial charge is 0.478 e. The maximum absolute atomic E-state index is 11.2. The topological polar surface area (TPSA) is 77.8 Å². The number of rotatable bonds is 5. The third-order valence-corrected chi connectivity index (χ3v) is 2.59. The van der Waals surface area contributed by atoms with E-state index in [0.717, 1.165) is 0 Å². The standard InChI is InChI=1S/C12H15NO4/c1-3-13(4-2)9-7-5-6-8(11(14)15)10(9)12(16)17/h5-7H,3-4H2,1-2H3,(H,14,15)(H,16,17). The lowest BCUT2D eigenvalue weighted by molar-refractivity contribution is 0.0652. The highest BCUT2D eigenvalue weighted by molar-refractivity contribution is 6.05. The highest BCUT2D eigenvalue weighted by Crippen LogP contribution is 2.24. The van der Waals surface area contributed by atoms with Gasteiger partial charge in [-0.15, -0.1) is 0 Å². The second kappa shape index (κ2) is 5.34. The predicted octanol–water partition coefficient (Wildman–Crippen LogP) is 1.93. The van der Waals surface area contributed by atoms with Gasteiger partial charge in [0.05, 0.1) is 16.8 Å². The van der Waals surface area contributed by atoms with E-state index in [1.165, 1.54) is 6.07 Å². The van der Waals surface area contributed by atoms with Crippen molar-refractivity contribution in [3.63, 3.8) is 0 Å². The van der Waals surface area contributed by atoms with Crippen LogP contribution in [-0.4, -0.2) is 35.2 Å². The van der Waals surface area contributed by atoms with Crippen LogP contribution in [0.5, 0.6) is 0 Å². The lowest BCUT2D eigenvalue weighted by atomic mass is 10.0. The van der Waals surface area contributed by atoms with Gasteiger partial charge in [-0.25, -0.2) is 9.59 Å². The molecule has 1 aromatic rings. The normalized spacial score (nSPS) is 10.0. The van der Waals surface area contributed by atoms with Gasteiger partial charge in [-0.3, -0.25) is 0 Å². The molecule has 0 aliphatic carbocycles. The number of carboxylic acid groups (broad SMARTS) is 2. The van der Waals surface area contributed by atoms with Gasteiger partial charge in [-0.1, -0.05) is 6.07 Å². The van der Waals surface area contributed by atoms with Crippen molar-refractivity contribution in [2.45, 2.75) is 13.8 Å². The third-order valence-electron chi connectivity index (χ3n) is 2.59. The number of aromatic carboxylic acids is 2. The van der Waals surface area contributed by atoms with E-state index in [0.29, 0.717) is 18.8 Å². The molecule has 0 aliphatic heterocycles. The van der Waals surface area contributed by atoms with Gasteiger partial charge in [0.15, 0.2) is 0 Å². The highest BCUT2D eigenvalue weighted by atomic mass is 16.4. The lowest BCUT2D eigenvalue weighted by Crippen LogP contribution is -2.25. The van der Waals surface area contributed by atoms with Gasteiger partial charge in [0.25, 0.3) is 0 Å². The van der Waals surface area contributed by atoms with Gasteiger partial charge in [-0.2, -0.15) is 0 Å². The number of anilines is 1. The first-order chi connectivity index (χ1) is 8.02. The van der Waals surface area contributed by atoms with Crippen LogP contribution in [0, 0.1) is 0 Å². The van der Waals surface area contributed by atoms with Gasteiger partial charge in [0.2, 0.25) is 0 Å². The highest BCUT2D eigenvalue weighted by Gasteiger charge is 2.21. The van der Waals surface area contributed by atoms with E-state index in [-0.39, 0.29) is 11.1 Å². The van der Waals surface area contributed by atoms with Crippen LogP contribution in [0.25, 0.3) is 0 Å². The Labute approximate surface area is 99.3 Å². The molecule has 0 spiro atoms. The third kappa shape index (κ3) is 2.55. The summed E-state index contributed by atoms with van der Waals surface area (Å²) >= 11 is 0. The molecule has 5 nitrogen and oxygen atoms in total. The molecule has 0 aromatic heterocycles. The summed E-state index contributed by atoms with van der Waals surface area (Å²) in [5, 5.41) is 18.1. The first-order valence-electron chi connectivity index (χ1n) is 5.37. The van der Waals surface area contributed by atoms with Gasteiger partial charge in [0, 0.05) is 13.1 Å². The lowest BCUT2D eigenvalue weighted by Gasteiger charge is -2.23. The van der Waals surface area contributed by atoms with E-state index in [1.54, 1.807) is 12.1 Å². The van der Waals surface area contributed by atoms with Crippen LogP contribution >= 0.6 is 0 Å². The molecule has 0 saturated heterocycles. The number of benzene rings is 1.